The Morgan fingerprint density at radius 1 is 1.23 bits per heavy atom. The van der Waals surface area contributed by atoms with Gasteiger partial charge in [0.15, 0.2) is 6.61 Å². The molecule has 0 saturated heterocycles. The Morgan fingerprint density at radius 2 is 2.03 bits per heavy atom. The predicted octanol–water partition coefficient (Wildman–Crippen LogP) is 3.84. The van der Waals surface area contributed by atoms with Gasteiger partial charge >= 0.3 is 0 Å². The molecule has 154 valence electrons. The fraction of sp³-hybridized carbons (Fsp3) is 0.227. The van der Waals surface area contributed by atoms with Crippen LogP contribution in [0.1, 0.15) is 25.8 Å². The molecule has 8 heteroatoms. The van der Waals surface area contributed by atoms with Crippen molar-refractivity contribution in [2.24, 2.45) is 10.1 Å². The van der Waals surface area contributed by atoms with Gasteiger partial charge in [0.25, 0.3) is 5.91 Å². The molecule has 3 aromatic rings. The van der Waals surface area contributed by atoms with Crippen molar-refractivity contribution >= 4 is 28.6 Å². The van der Waals surface area contributed by atoms with Crippen LogP contribution < -0.4 is 14.9 Å². The quantitative estimate of drug-likeness (QED) is 0.613. The zero-order chi connectivity index (χ0) is 21.1. The van der Waals surface area contributed by atoms with Crippen molar-refractivity contribution in [2.75, 3.05) is 18.5 Å². The Morgan fingerprint density at radius 3 is 2.77 bits per heavy atom. The van der Waals surface area contributed by atoms with Crippen LogP contribution in [0.2, 0.25) is 0 Å². The highest BCUT2D eigenvalue weighted by Crippen LogP contribution is 2.33. The SMILES string of the molecule is CCN=c1scc(-c2ccc3c(c2)NC(=O)CO3)n1N=C(CC)c1ccc(O)cc1. The third kappa shape index (κ3) is 3.99. The maximum atomic E-state index is 11.7. The van der Waals surface area contributed by atoms with Crippen molar-refractivity contribution in [1.82, 2.24) is 4.68 Å². The number of nitrogens with zero attached hydrogens (tertiary/aromatic N) is 3. The van der Waals surface area contributed by atoms with Gasteiger partial charge in [-0.05, 0) is 61.4 Å². The first kappa shape index (κ1) is 19.9. The maximum Gasteiger partial charge on any atom is 0.262 e. The minimum Gasteiger partial charge on any atom is -0.508 e. The first-order chi connectivity index (χ1) is 14.6. The highest BCUT2D eigenvalue weighted by atomic mass is 32.1. The molecule has 0 fully saturated rings. The van der Waals surface area contributed by atoms with Gasteiger partial charge in [0.2, 0.25) is 4.80 Å². The Balaban J connectivity index is 1.83. The molecule has 1 aliphatic heterocycles. The van der Waals surface area contributed by atoms with Gasteiger partial charge < -0.3 is 15.2 Å². The molecule has 0 unspecified atom stereocenters. The average molecular weight is 423 g/mol. The van der Waals surface area contributed by atoms with E-state index in [0.29, 0.717) is 24.4 Å². The smallest absolute Gasteiger partial charge is 0.262 e. The van der Waals surface area contributed by atoms with Crippen LogP contribution in [0.3, 0.4) is 0 Å². The van der Waals surface area contributed by atoms with Gasteiger partial charge in [-0.2, -0.15) is 5.10 Å². The van der Waals surface area contributed by atoms with Gasteiger partial charge in [-0.25, -0.2) is 4.68 Å². The lowest BCUT2D eigenvalue weighted by Crippen LogP contribution is -2.25. The summed E-state index contributed by atoms with van der Waals surface area (Å²) in [6.45, 7) is 4.70. The van der Waals surface area contributed by atoms with Gasteiger partial charge in [-0.15, -0.1) is 11.3 Å². The molecule has 0 atom stereocenters. The van der Waals surface area contributed by atoms with Crippen LogP contribution in [0, 0.1) is 0 Å². The Hall–Kier alpha value is -3.39. The predicted molar refractivity (Wildman–Crippen MR) is 118 cm³/mol. The van der Waals surface area contributed by atoms with Gasteiger partial charge in [0, 0.05) is 17.5 Å². The molecular weight excluding hydrogens is 400 g/mol. The molecule has 4 rings (SSSR count). The summed E-state index contributed by atoms with van der Waals surface area (Å²) in [5, 5.41) is 19.4. The number of fused-ring (bicyclic) bond motifs is 1. The number of carbonyl (C=O) groups is 1. The number of phenolic OH excluding ortho intramolecular Hbond substituents is 1. The molecule has 0 radical (unpaired) electrons. The van der Waals surface area contributed by atoms with E-state index in [1.807, 2.05) is 54.2 Å². The summed E-state index contributed by atoms with van der Waals surface area (Å²) in [5.41, 5.74) is 4.24. The fourth-order valence-electron chi connectivity index (χ4n) is 3.19. The lowest BCUT2D eigenvalue weighted by Gasteiger charge is -2.18. The molecule has 1 amide bonds. The zero-order valence-corrected chi connectivity index (χ0v) is 17.6. The molecular formula is C22H22N4O3S. The minimum atomic E-state index is -0.168. The van der Waals surface area contributed by atoms with Crippen molar-refractivity contribution in [3.05, 3.63) is 58.2 Å². The van der Waals surface area contributed by atoms with E-state index < -0.39 is 0 Å². The monoisotopic (exact) mass is 422 g/mol. The van der Waals surface area contributed by atoms with Crippen LogP contribution in [0.15, 0.2) is 57.9 Å². The van der Waals surface area contributed by atoms with Crippen LogP contribution in [-0.4, -0.2) is 34.6 Å². The Kier molecular flexibility index (Phi) is 5.67. The van der Waals surface area contributed by atoms with Gasteiger partial charge in [-0.1, -0.05) is 6.92 Å². The number of carbonyl (C=O) groups excluding carboxylic acids is 1. The number of aromatic nitrogens is 1. The topological polar surface area (TPSA) is 88.2 Å². The number of hydrogen-bond acceptors (Lipinski definition) is 6. The summed E-state index contributed by atoms with van der Waals surface area (Å²) < 4.78 is 7.31. The van der Waals surface area contributed by atoms with Gasteiger partial charge in [0.1, 0.15) is 11.5 Å². The van der Waals surface area contributed by atoms with Gasteiger partial charge in [-0.3, -0.25) is 9.79 Å². The summed E-state index contributed by atoms with van der Waals surface area (Å²) in [6, 6.07) is 12.7. The number of aromatic hydroxyl groups is 1. The first-order valence-corrected chi connectivity index (χ1v) is 10.6. The van der Waals surface area contributed by atoms with Crippen LogP contribution in [-0.2, 0) is 4.79 Å². The highest BCUT2D eigenvalue weighted by Gasteiger charge is 2.18. The number of thiazole rings is 1. The van der Waals surface area contributed by atoms with Crippen LogP contribution in [0.5, 0.6) is 11.5 Å². The van der Waals surface area contributed by atoms with Crippen molar-refractivity contribution < 1.29 is 14.6 Å². The molecule has 2 heterocycles. The number of phenols is 1. The van der Waals surface area contributed by atoms with Crippen molar-refractivity contribution in [3.63, 3.8) is 0 Å². The molecule has 2 aromatic carbocycles. The summed E-state index contributed by atoms with van der Waals surface area (Å²) in [5.74, 6) is 0.705. The van der Waals surface area contributed by atoms with Crippen LogP contribution >= 0.6 is 11.3 Å². The molecule has 0 spiro atoms. The number of benzene rings is 2. The van der Waals surface area contributed by atoms with Crippen molar-refractivity contribution in [3.8, 4) is 22.8 Å². The average Bonchev–Trinajstić information content (AvgIpc) is 3.14. The minimum absolute atomic E-state index is 0.0289. The van der Waals surface area contributed by atoms with E-state index >= 15 is 0 Å². The number of amides is 1. The lowest BCUT2D eigenvalue weighted by atomic mass is 10.1. The molecule has 1 aliphatic rings. The van der Waals surface area contributed by atoms with Crippen molar-refractivity contribution in [1.29, 1.82) is 0 Å². The molecule has 7 nitrogen and oxygen atoms in total. The second kappa shape index (κ2) is 8.54. The number of rotatable bonds is 5. The van der Waals surface area contributed by atoms with Gasteiger partial charge in [0.05, 0.1) is 17.1 Å². The van der Waals surface area contributed by atoms with E-state index in [9.17, 15) is 9.90 Å². The number of anilines is 1. The van der Waals surface area contributed by atoms with Crippen LogP contribution in [0.4, 0.5) is 5.69 Å². The third-order valence-electron chi connectivity index (χ3n) is 4.64. The largest absolute Gasteiger partial charge is 0.508 e. The van der Waals surface area contributed by atoms with E-state index in [4.69, 9.17) is 9.84 Å². The third-order valence-corrected chi connectivity index (χ3v) is 5.50. The Labute approximate surface area is 178 Å². The fourth-order valence-corrected chi connectivity index (χ4v) is 4.08. The molecule has 0 bridgehead atoms. The van der Waals surface area contributed by atoms with E-state index in [1.165, 1.54) is 11.3 Å². The summed E-state index contributed by atoms with van der Waals surface area (Å²) >= 11 is 1.51. The molecule has 0 aliphatic carbocycles. The zero-order valence-electron chi connectivity index (χ0n) is 16.8. The number of ether oxygens (including phenoxy) is 1. The van der Waals surface area contributed by atoms with Crippen LogP contribution in [0.25, 0.3) is 11.3 Å². The van der Waals surface area contributed by atoms with E-state index in [-0.39, 0.29) is 18.3 Å². The number of nitrogens with one attached hydrogen (secondary N) is 1. The molecule has 2 N–H and O–H groups in total. The van der Waals surface area contributed by atoms with E-state index in [0.717, 1.165) is 27.3 Å². The summed E-state index contributed by atoms with van der Waals surface area (Å²) in [7, 11) is 0. The maximum absolute atomic E-state index is 11.7. The lowest BCUT2D eigenvalue weighted by molar-refractivity contribution is -0.118. The Bertz CT molecular complexity index is 1180. The molecule has 1 aromatic heterocycles. The standard InChI is InChI=1S/C22H22N4O3S/c1-3-17(14-5-8-16(27)9-6-14)25-26-19(13-30-22(26)23-4-2)15-7-10-20-18(11-15)24-21(28)12-29-20/h5-11,13,27H,3-4,12H2,1-2H3,(H,24,28). The molecule has 30 heavy (non-hydrogen) atoms. The molecule has 0 saturated carbocycles. The highest BCUT2D eigenvalue weighted by molar-refractivity contribution is 7.07. The van der Waals surface area contributed by atoms with E-state index in [2.05, 4.69) is 10.3 Å². The first-order valence-electron chi connectivity index (χ1n) is 9.74. The summed E-state index contributed by atoms with van der Waals surface area (Å²) in [6.07, 6.45) is 0.715. The second-order valence-corrected chi connectivity index (χ2v) is 7.52. The summed E-state index contributed by atoms with van der Waals surface area (Å²) in [4.78, 5) is 17.1. The van der Waals surface area contributed by atoms with E-state index in [1.54, 1.807) is 12.1 Å². The normalized spacial score (nSPS) is 14.3. The number of hydrogen-bond donors (Lipinski definition) is 2. The second-order valence-electron chi connectivity index (χ2n) is 6.68. The van der Waals surface area contributed by atoms with Crippen molar-refractivity contribution in [2.45, 2.75) is 20.3 Å².